The fourth-order valence-corrected chi connectivity index (χ4v) is 3.19. The van der Waals surface area contributed by atoms with E-state index in [4.69, 9.17) is 0 Å². The van der Waals surface area contributed by atoms with Crippen LogP contribution in [0.1, 0.15) is 97.6 Å². The highest BCUT2D eigenvalue weighted by Gasteiger charge is 2.15. The Labute approximate surface area is 155 Å². The lowest BCUT2D eigenvalue weighted by Gasteiger charge is -2.22. The number of rotatable bonds is 10. The van der Waals surface area contributed by atoms with Crippen molar-refractivity contribution in [3.8, 4) is 11.5 Å². The Bertz CT molecular complexity index is 524. The van der Waals surface area contributed by atoms with Gasteiger partial charge in [-0.15, -0.1) is 0 Å². The van der Waals surface area contributed by atoms with E-state index < -0.39 is 0 Å². The van der Waals surface area contributed by atoms with E-state index in [-0.39, 0.29) is 5.75 Å². The molecule has 0 spiro atoms. The van der Waals surface area contributed by atoms with Gasteiger partial charge in [0.1, 0.15) is 11.5 Å². The molecule has 0 atom stereocenters. The van der Waals surface area contributed by atoms with E-state index in [1.165, 1.54) is 19.3 Å². The quantitative estimate of drug-likeness (QED) is 0.353. The zero-order valence-corrected chi connectivity index (χ0v) is 17.4. The maximum atomic E-state index is 10.6. The van der Waals surface area contributed by atoms with Gasteiger partial charge in [0.05, 0.1) is 0 Å². The highest BCUT2D eigenvalue weighted by Crippen LogP contribution is 2.32. The molecule has 0 amide bonds. The lowest BCUT2D eigenvalue weighted by Crippen LogP contribution is -2.09. The fraction of sp³-hybridized carbons (Fsp3) is 0.739. The molecule has 1 rings (SSSR count). The van der Waals surface area contributed by atoms with E-state index >= 15 is 0 Å². The highest BCUT2D eigenvalue weighted by atomic mass is 16.3. The zero-order chi connectivity index (χ0) is 19.1. The average Bonchev–Trinajstić information content (AvgIpc) is 2.50. The van der Waals surface area contributed by atoms with Crippen LogP contribution >= 0.6 is 0 Å². The van der Waals surface area contributed by atoms with Gasteiger partial charge in [-0.3, -0.25) is 0 Å². The standard InChI is InChI=1S/C23H40O2/c1-7-23(5,6)15-11-9-13-19-17-20(24)16-18(21(19)25)12-8-10-14-22(2,3)4/h16-17,24-25H,7-15H2,1-6H3. The summed E-state index contributed by atoms with van der Waals surface area (Å²) in [5, 5.41) is 20.6. The molecule has 1 aromatic carbocycles. The maximum absolute atomic E-state index is 10.6. The maximum Gasteiger partial charge on any atom is 0.122 e. The number of hydrogen-bond donors (Lipinski definition) is 2. The van der Waals surface area contributed by atoms with E-state index in [0.29, 0.717) is 16.6 Å². The summed E-state index contributed by atoms with van der Waals surface area (Å²) in [6.07, 6.45) is 9.71. The molecule has 0 unspecified atom stereocenters. The number of aromatic hydroxyl groups is 2. The first-order valence-electron chi connectivity index (χ1n) is 10.1. The van der Waals surface area contributed by atoms with Gasteiger partial charge >= 0.3 is 0 Å². The van der Waals surface area contributed by atoms with Crippen molar-refractivity contribution in [2.45, 2.75) is 99.3 Å². The van der Waals surface area contributed by atoms with Crippen LogP contribution in [0.15, 0.2) is 12.1 Å². The minimum absolute atomic E-state index is 0.285. The number of benzene rings is 1. The molecule has 0 aliphatic rings. The molecule has 0 saturated heterocycles. The zero-order valence-electron chi connectivity index (χ0n) is 17.4. The molecule has 2 nitrogen and oxygen atoms in total. The van der Waals surface area contributed by atoms with Crippen molar-refractivity contribution in [3.63, 3.8) is 0 Å². The van der Waals surface area contributed by atoms with Crippen LogP contribution in [0.3, 0.4) is 0 Å². The molecule has 0 fully saturated rings. The largest absolute Gasteiger partial charge is 0.508 e. The average molecular weight is 349 g/mol. The topological polar surface area (TPSA) is 40.5 Å². The summed E-state index contributed by atoms with van der Waals surface area (Å²) in [7, 11) is 0. The second-order valence-corrected chi connectivity index (χ2v) is 9.61. The molecule has 2 N–H and O–H groups in total. The monoisotopic (exact) mass is 348 g/mol. The number of phenolic OH excluding ortho intramolecular Hbond substituents is 2. The number of hydrogen-bond acceptors (Lipinski definition) is 2. The van der Waals surface area contributed by atoms with Crippen molar-refractivity contribution in [1.29, 1.82) is 0 Å². The summed E-state index contributed by atoms with van der Waals surface area (Å²) in [5.41, 5.74) is 2.56. The highest BCUT2D eigenvalue weighted by molar-refractivity contribution is 5.46. The molecule has 144 valence electrons. The summed E-state index contributed by atoms with van der Waals surface area (Å²) < 4.78 is 0. The third kappa shape index (κ3) is 8.65. The SMILES string of the molecule is CCC(C)(C)CCCCc1cc(O)cc(CCCCC(C)(C)C)c1O. The Morgan fingerprint density at radius 1 is 0.760 bits per heavy atom. The lowest BCUT2D eigenvalue weighted by molar-refractivity contribution is 0.309. The van der Waals surface area contributed by atoms with Gasteiger partial charge in [0.15, 0.2) is 0 Å². The van der Waals surface area contributed by atoms with Crippen LogP contribution in [-0.4, -0.2) is 10.2 Å². The van der Waals surface area contributed by atoms with Crippen molar-refractivity contribution in [2.75, 3.05) is 0 Å². The predicted molar refractivity (Wildman–Crippen MR) is 108 cm³/mol. The molecular formula is C23H40O2. The summed E-state index contributed by atoms with van der Waals surface area (Å²) in [5.74, 6) is 0.691. The van der Waals surface area contributed by atoms with Crippen molar-refractivity contribution < 1.29 is 10.2 Å². The number of phenols is 2. The molecule has 0 aliphatic carbocycles. The van der Waals surface area contributed by atoms with Crippen molar-refractivity contribution in [2.24, 2.45) is 10.8 Å². The van der Waals surface area contributed by atoms with E-state index in [0.717, 1.165) is 49.7 Å². The second-order valence-electron chi connectivity index (χ2n) is 9.61. The van der Waals surface area contributed by atoms with Crippen LogP contribution in [0.2, 0.25) is 0 Å². The van der Waals surface area contributed by atoms with Crippen molar-refractivity contribution in [3.05, 3.63) is 23.3 Å². The molecule has 0 saturated carbocycles. The molecule has 0 radical (unpaired) electrons. The third-order valence-electron chi connectivity index (χ3n) is 5.38. The van der Waals surface area contributed by atoms with Crippen molar-refractivity contribution in [1.82, 2.24) is 0 Å². The van der Waals surface area contributed by atoms with Gasteiger partial charge in [0, 0.05) is 0 Å². The number of aryl methyl sites for hydroxylation is 2. The Kier molecular flexibility index (Phi) is 8.31. The van der Waals surface area contributed by atoms with Gasteiger partial charge in [0.25, 0.3) is 0 Å². The first-order valence-corrected chi connectivity index (χ1v) is 10.1. The van der Waals surface area contributed by atoms with E-state index in [1.807, 2.05) is 0 Å². The Hall–Kier alpha value is -1.18. The minimum Gasteiger partial charge on any atom is -0.508 e. The molecule has 0 aliphatic heterocycles. The lowest BCUT2D eigenvalue weighted by atomic mass is 9.84. The molecule has 0 bridgehead atoms. The minimum atomic E-state index is 0.285. The summed E-state index contributed by atoms with van der Waals surface area (Å²) in [4.78, 5) is 0. The van der Waals surface area contributed by atoms with Crippen LogP contribution in [0, 0.1) is 10.8 Å². The van der Waals surface area contributed by atoms with Crippen molar-refractivity contribution >= 4 is 0 Å². The van der Waals surface area contributed by atoms with Gasteiger partial charge in [-0.25, -0.2) is 0 Å². The van der Waals surface area contributed by atoms with Gasteiger partial charge in [-0.2, -0.15) is 0 Å². The Balaban J connectivity index is 2.56. The van der Waals surface area contributed by atoms with Crippen LogP contribution in [0.25, 0.3) is 0 Å². The third-order valence-corrected chi connectivity index (χ3v) is 5.38. The number of unbranched alkanes of at least 4 members (excludes halogenated alkanes) is 2. The molecular weight excluding hydrogens is 308 g/mol. The first kappa shape index (κ1) is 21.9. The summed E-state index contributed by atoms with van der Waals surface area (Å²) >= 11 is 0. The molecule has 0 heterocycles. The predicted octanol–water partition coefficient (Wildman–Crippen LogP) is 7.01. The molecule has 2 heteroatoms. The van der Waals surface area contributed by atoms with E-state index in [1.54, 1.807) is 12.1 Å². The van der Waals surface area contributed by atoms with Crippen LogP contribution in [-0.2, 0) is 12.8 Å². The summed E-state index contributed by atoms with van der Waals surface area (Å²) in [6.45, 7) is 13.7. The Morgan fingerprint density at radius 2 is 1.24 bits per heavy atom. The van der Waals surface area contributed by atoms with Crippen LogP contribution in [0.5, 0.6) is 11.5 Å². The van der Waals surface area contributed by atoms with Gasteiger partial charge in [0.2, 0.25) is 0 Å². The Morgan fingerprint density at radius 3 is 1.68 bits per heavy atom. The van der Waals surface area contributed by atoms with Crippen LogP contribution in [0.4, 0.5) is 0 Å². The molecule has 0 aromatic heterocycles. The first-order chi connectivity index (χ1) is 11.5. The second kappa shape index (κ2) is 9.50. The normalized spacial score (nSPS) is 12.6. The van der Waals surface area contributed by atoms with Gasteiger partial charge in [-0.1, -0.05) is 60.8 Å². The molecule has 25 heavy (non-hydrogen) atoms. The molecule has 1 aromatic rings. The van der Waals surface area contributed by atoms with E-state index in [9.17, 15) is 10.2 Å². The smallest absolute Gasteiger partial charge is 0.122 e. The van der Waals surface area contributed by atoms with Crippen LogP contribution < -0.4 is 0 Å². The van der Waals surface area contributed by atoms with Gasteiger partial charge < -0.3 is 10.2 Å². The van der Waals surface area contributed by atoms with Gasteiger partial charge in [-0.05, 0) is 72.6 Å². The fourth-order valence-electron chi connectivity index (χ4n) is 3.19. The van der Waals surface area contributed by atoms with E-state index in [2.05, 4.69) is 41.5 Å². The summed E-state index contributed by atoms with van der Waals surface area (Å²) in [6, 6.07) is 3.47.